The van der Waals surface area contributed by atoms with E-state index in [-0.39, 0.29) is 5.91 Å². The van der Waals surface area contributed by atoms with Crippen LogP contribution in [0.2, 0.25) is 0 Å². The van der Waals surface area contributed by atoms with Crippen molar-refractivity contribution in [3.63, 3.8) is 0 Å². The number of benzene rings is 2. The third-order valence-electron chi connectivity index (χ3n) is 4.46. The van der Waals surface area contributed by atoms with E-state index in [0.29, 0.717) is 23.0 Å². The Labute approximate surface area is 174 Å². The number of hydrogen-bond acceptors (Lipinski definition) is 5. The summed E-state index contributed by atoms with van der Waals surface area (Å²) < 4.78 is 1.69. The van der Waals surface area contributed by atoms with Crippen LogP contribution in [0, 0.1) is 20.8 Å². The van der Waals surface area contributed by atoms with Crippen LogP contribution in [0.25, 0.3) is 5.82 Å². The number of rotatable bonds is 5. The topological polar surface area (TPSA) is 84.7 Å². The molecular weight excluding hydrogens is 376 g/mol. The quantitative estimate of drug-likeness (QED) is 0.514. The lowest BCUT2D eigenvalue weighted by Crippen LogP contribution is -2.12. The Kier molecular flexibility index (Phi) is 5.26. The van der Waals surface area contributed by atoms with Gasteiger partial charge in [-0.05, 0) is 63.2 Å². The standard InChI is InChI=1S/C23H22N6O/c1-15-11-16(2)13-18(12-15)23(30)28-20-7-5-19(6-8-20)27-21-14-22(26-17(3)25-21)29-10-4-9-24-29/h4-14H,1-3H3,(H,28,30)(H,25,26,27). The Balaban J connectivity index is 1.47. The van der Waals surface area contributed by atoms with Gasteiger partial charge in [-0.3, -0.25) is 4.79 Å². The summed E-state index contributed by atoms with van der Waals surface area (Å²) in [5, 5.41) is 10.4. The minimum atomic E-state index is -0.127. The zero-order chi connectivity index (χ0) is 21.1. The van der Waals surface area contributed by atoms with E-state index in [1.54, 1.807) is 10.9 Å². The minimum absolute atomic E-state index is 0.127. The molecule has 0 atom stereocenters. The van der Waals surface area contributed by atoms with Gasteiger partial charge in [-0.25, -0.2) is 14.6 Å². The molecule has 30 heavy (non-hydrogen) atoms. The zero-order valence-electron chi connectivity index (χ0n) is 17.0. The summed E-state index contributed by atoms with van der Waals surface area (Å²) in [6.07, 6.45) is 3.54. The Bertz CT molecular complexity index is 1160. The molecule has 0 unspecified atom stereocenters. The minimum Gasteiger partial charge on any atom is -0.340 e. The third kappa shape index (κ3) is 4.52. The number of nitrogens with one attached hydrogen (secondary N) is 2. The molecule has 0 spiro atoms. The van der Waals surface area contributed by atoms with Crippen molar-refractivity contribution in [3.05, 3.63) is 89.5 Å². The Morgan fingerprint density at radius 1 is 0.900 bits per heavy atom. The molecule has 2 N–H and O–H groups in total. The van der Waals surface area contributed by atoms with Crippen LogP contribution in [0.3, 0.4) is 0 Å². The van der Waals surface area contributed by atoms with Gasteiger partial charge in [0.1, 0.15) is 11.6 Å². The van der Waals surface area contributed by atoms with E-state index in [4.69, 9.17) is 0 Å². The molecule has 0 fully saturated rings. The summed E-state index contributed by atoms with van der Waals surface area (Å²) in [6.45, 7) is 5.80. The van der Waals surface area contributed by atoms with Crippen LogP contribution in [0.4, 0.5) is 17.2 Å². The van der Waals surface area contributed by atoms with Gasteiger partial charge in [0.15, 0.2) is 5.82 Å². The second kappa shape index (κ2) is 8.16. The lowest BCUT2D eigenvalue weighted by atomic mass is 10.1. The molecule has 2 aromatic carbocycles. The molecular formula is C23H22N6O. The highest BCUT2D eigenvalue weighted by atomic mass is 16.1. The fraction of sp³-hybridized carbons (Fsp3) is 0.130. The lowest BCUT2D eigenvalue weighted by molar-refractivity contribution is 0.102. The molecule has 4 rings (SSSR count). The van der Waals surface area contributed by atoms with Crippen LogP contribution in [-0.4, -0.2) is 25.7 Å². The average Bonchev–Trinajstić information content (AvgIpc) is 3.23. The number of anilines is 3. The number of nitrogens with zero attached hydrogens (tertiary/aromatic N) is 4. The number of aryl methyl sites for hydroxylation is 3. The highest BCUT2D eigenvalue weighted by molar-refractivity contribution is 6.04. The molecule has 7 nitrogen and oxygen atoms in total. The Morgan fingerprint density at radius 3 is 2.27 bits per heavy atom. The molecule has 0 aliphatic rings. The van der Waals surface area contributed by atoms with Crippen LogP contribution in [0.15, 0.2) is 67.0 Å². The number of carbonyl (C=O) groups is 1. The SMILES string of the molecule is Cc1cc(C)cc(C(=O)Nc2ccc(Nc3cc(-n4cccn4)nc(C)n3)cc2)c1. The van der Waals surface area contributed by atoms with E-state index in [9.17, 15) is 4.79 Å². The van der Waals surface area contributed by atoms with Gasteiger partial charge in [0.05, 0.1) is 0 Å². The van der Waals surface area contributed by atoms with E-state index < -0.39 is 0 Å². The summed E-state index contributed by atoms with van der Waals surface area (Å²) in [7, 11) is 0. The smallest absolute Gasteiger partial charge is 0.255 e. The second-order valence-electron chi connectivity index (χ2n) is 7.14. The maximum absolute atomic E-state index is 12.5. The van der Waals surface area contributed by atoms with Crippen molar-refractivity contribution in [2.45, 2.75) is 20.8 Å². The van der Waals surface area contributed by atoms with Crippen molar-refractivity contribution in [2.24, 2.45) is 0 Å². The Hall–Kier alpha value is -4.00. The van der Waals surface area contributed by atoms with Gasteiger partial charge in [-0.15, -0.1) is 0 Å². The van der Waals surface area contributed by atoms with E-state index >= 15 is 0 Å². The number of hydrogen-bond donors (Lipinski definition) is 2. The van der Waals surface area contributed by atoms with Crippen molar-refractivity contribution in [1.29, 1.82) is 0 Å². The number of carbonyl (C=O) groups excluding carboxylic acids is 1. The van der Waals surface area contributed by atoms with Crippen molar-refractivity contribution < 1.29 is 4.79 Å². The zero-order valence-corrected chi connectivity index (χ0v) is 17.0. The Morgan fingerprint density at radius 2 is 1.60 bits per heavy atom. The van der Waals surface area contributed by atoms with Crippen LogP contribution in [-0.2, 0) is 0 Å². The summed E-state index contributed by atoms with van der Waals surface area (Å²) in [6, 6.07) is 17.0. The van der Waals surface area contributed by atoms with Crippen LogP contribution in [0.1, 0.15) is 27.3 Å². The fourth-order valence-corrected chi connectivity index (χ4v) is 3.23. The lowest BCUT2D eigenvalue weighted by Gasteiger charge is -2.10. The van der Waals surface area contributed by atoms with Gasteiger partial charge in [-0.1, -0.05) is 17.2 Å². The van der Waals surface area contributed by atoms with Gasteiger partial charge in [-0.2, -0.15) is 5.10 Å². The maximum Gasteiger partial charge on any atom is 0.255 e. The normalized spacial score (nSPS) is 10.6. The summed E-state index contributed by atoms with van der Waals surface area (Å²) in [5.41, 5.74) is 4.35. The monoisotopic (exact) mass is 398 g/mol. The molecule has 1 amide bonds. The van der Waals surface area contributed by atoms with E-state index in [1.165, 1.54) is 0 Å². The highest BCUT2D eigenvalue weighted by Crippen LogP contribution is 2.20. The number of aromatic nitrogens is 4. The van der Waals surface area contributed by atoms with Crippen LogP contribution >= 0.6 is 0 Å². The summed E-state index contributed by atoms with van der Waals surface area (Å²) >= 11 is 0. The highest BCUT2D eigenvalue weighted by Gasteiger charge is 2.08. The maximum atomic E-state index is 12.5. The predicted molar refractivity (Wildman–Crippen MR) is 117 cm³/mol. The first-order chi connectivity index (χ1) is 14.5. The molecule has 0 saturated heterocycles. The molecule has 7 heteroatoms. The largest absolute Gasteiger partial charge is 0.340 e. The third-order valence-corrected chi connectivity index (χ3v) is 4.46. The van der Waals surface area contributed by atoms with Crippen molar-refractivity contribution in [3.8, 4) is 5.82 Å². The van der Waals surface area contributed by atoms with Crippen molar-refractivity contribution >= 4 is 23.1 Å². The average molecular weight is 398 g/mol. The molecule has 0 aliphatic carbocycles. The summed E-state index contributed by atoms with van der Waals surface area (Å²) in [5.74, 6) is 1.87. The van der Waals surface area contributed by atoms with Crippen molar-refractivity contribution in [1.82, 2.24) is 19.7 Å². The van der Waals surface area contributed by atoms with Crippen LogP contribution < -0.4 is 10.6 Å². The van der Waals surface area contributed by atoms with Crippen molar-refractivity contribution in [2.75, 3.05) is 10.6 Å². The van der Waals surface area contributed by atoms with Gasteiger partial charge in [0, 0.05) is 35.4 Å². The molecule has 0 saturated carbocycles. The van der Waals surface area contributed by atoms with Gasteiger partial charge >= 0.3 is 0 Å². The molecule has 0 aliphatic heterocycles. The molecule has 2 heterocycles. The molecule has 0 bridgehead atoms. The fourth-order valence-electron chi connectivity index (χ4n) is 3.23. The molecule has 2 aromatic heterocycles. The van der Waals surface area contributed by atoms with Gasteiger partial charge in [0.25, 0.3) is 5.91 Å². The molecule has 0 radical (unpaired) electrons. The molecule has 150 valence electrons. The predicted octanol–water partition coefficient (Wildman–Crippen LogP) is 4.58. The number of amides is 1. The first kappa shape index (κ1) is 19.3. The second-order valence-corrected chi connectivity index (χ2v) is 7.14. The summed E-state index contributed by atoms with van der Waals surface area (Å²) in [4.78, 5) is 21.4. The van der Waals surface area contributed by atoms with E-state index in [0.717, 1.165) is 22.5 Å². The van der Waals surface area contributed by atoms with Crippen LogP contribution in [0.5, 0.6) is 0 Å². The van der Waals surface area contributed by atoms with Gasteiger partial charge < -0.3 is 10.6 Å². The van der Waals surface area contributed by atoms with E-state index in [1.807, 2.05) is 81.6 Å². The van der Waals surface area contributed by atoms with Gasteiger partial charge in [0.2, 0.25) is 0 Å². The first-order valence-corrected chi connectivity index (χ1v) is 9.59. The first-order valence-electron chi connectivity index (χ1n) is 9.59. The molecule has 4 aromatic rings. The van der Waals surface area contributed by atoms with E-state index in [2.05, 4.69) is 25.7 Å².